The number of rotatable bonds is 6. The van der Waals surface area contributed by atoms with Crippen LogP contribution in [0.2, 0.25) is 0 Å². The minimum Gasteiger partial charge on any atom is -0.348 e. The fraction of sp³-hybridized carbons (Fsp3) is 0.143. The van der Waals surface area contributed by atoms with Crippen molar-refractivity contribution < 1.29 is 9.59 Å². The van der Waals surface area contributed by atoms with Gasteiger partial charge in [0, 0.05) is 37.0 Å². The molecule has 0 saturated carbocycles. The molecule has 0 unspecified atom stereocenters. The van der Waals surface area contributed by atoms with Crippen LogP contribution in [0.4, 0.5) is 5.69 Å². The number of nitrogens with one attached hydrogen (secondary N) is 2. The van der Waals surface area contributed by atoms with Crippen molar-refractivity contribution >= 4 is 17.5 Å². The predicted octanol–water partition coefficient (Wildman–Crippen LogP) is 3.22. The van der Waals surface area contributed by atoms with Crippen molar-refractivity contribution in [2.75, 3.05) is 5.32 Å². The second-order valence-corrected chi connectivity index (χ2v) is 6.01. The van der Waals surface area contributed by atoms with Gasteiger partial charge in [-0.2, -0.15) is 0 Å². The van der Waals surface area contributed by atoms with E-state index in [9.17, 15) is 9.59 Å². The minimum absolute atomic E-state index is 0.290. The zero-order valence-electron chi connectivity index (χ0n) is 15.0. The third-order valence-corrected chi connectivity index (χ3v) is 4.09. The number of hydrogen-bond donors (Lipinski definition) is 2. The molecular weight excluding hydrogens is 340 g/mol. The van der Waals surface area contributed by atoms with Crippen LogP contribution in [0.3, 0.4) is 0 Å². The summed E-state index contributed by atoms with van der Waals surface area (Å²) in [5.74, 6) is -0.600. The lowest BCUT2D eigenvalue weighted by molar-refractivity contribution is 0.0950. The molecule has 2 amide bonds. The Hall–Kier alpha value is -3.54. The first-order valence-corrected chi connectivity index (χ1v) is 8.68. The molecule has 0 spiro atoms. The zero-order chi connectivity index (χ0) is 19.1. The molecule has 6 nitrogen and oxygen atoms in total. The third kappa shape index (κ3) is 4.98. The van der Waals surface area contributed by atoms with E-state index in [4.69, 9.17) is 0 Å². The zero-order valence-corrected chi connectivity index (χ0v) is 15.0. The van der Waals surface area contributed by atoms with Crippen LogP contribution in [0.5, 0.6) is 0 Å². The van der Waals surface area contributed by atoms with Crippen LogP contribution in [-0.2, 0) is 13.0 Å². The second kappa shape index (κ2) is 8.71. The Labute approximate surface area is 157 Å². The summed E-state index contributed by atoms with van der Waals surface area (Å²) in [7, 11) is 0. The Morgan fingerprint density at radius 2 is 1.52 bits per heavy atom. The van der Waals surface area contributed by atoms with E-state index in [-0.39, 0.29) is 11.8 Å². The summed E-state index contributed by atoms with van der Waals surface area (Å²) in [6.07, 6.45) is 7.15. The Morgan fingerprint density at radius 1 is 0.852 bits per heavy atom. The summed E-state index contributed by atoms with van der Waals surface area (Å²) in [6, 6.07) is 12.8. The number of benzene rings is 1. The van der Waals surface area contributed by atoms with E-state index in [1.165, 1.54) is 24.0 Å². The van der Waals surface area contributed by atoms with Gasteiger partial charge in [0.25, 0.3) is 11.8 Å². The molecule has 0 radical (unpaired) electrons. The number of nitrogens with zero attached hydrogens (tertiary/aromatic N) is 2. The highest BCUT2D eigenvalue weighted by Gasteiger charge is 2.11. The maximum absolute atomic E-state index is 12.4. The van der Waals surface area contributed by atoms with Gasteiger partial charge in [-0.05, 0) is 47.9 Å². The number of aryl methyl sites for hydroxylation is 1. The van der Waals surface area contributed by atoms with Gasteiger partial charge in [-0.15, -0.1) is 0 Å². The maximum Gasteiger partial charge on any atom is 0.257 e. The first-order chi connectivity index (χ1) is 13.2. The summed E-state index contributed by atoms with van der Waals surface area (Å²) >= 11 is 0. The van der Waals surface area contributed by atoms with Gasteiger partial charge in [-0.3, -0.25) is 19.6 Å². The number of carbonyl (C=O) groups excluding carboxylic acids is 2. The summed E-state index contributed by atoms with van der Waals surface area (Å²) in [5.41, 5.74) is 3.49. The summed E-state index contributed by atoms with van der Waals surface area (Å²) in [5, 5.41) is 5.62. The average Bonchev–Trinajstić information content (AvgIpc) is 2.73. The predicted molar refractivity (Wildman–Crippen MR) is 103 cm³/mol. The van der Waals surface area contributed by atoms with Gasteiger partial charge < -0.3 is 10.6 Å². The van der Waals surface area contributed by atoms with E-state index in [1.54, 1.807) is 12.4 Å². The lowest BCUT2D eigenvalue weighted by Crippen LogP contribution is -2.23. The Morgan fingerprint density at radius 3 is 2.19 bits per heavy atom. The summed E-state index contributed by atoms with van der Waals surface area (Å²) in [4.78, 5) is 32.7. The highest BCUT2D eigenvalue weighted by Crippen LogP contribution is 2.12. The normalized spacial score (nSPS) is 10.3. The topological polar surface area (TPSA) is 84.0 Å². The number of amides is 2. The number of carbonyl (C=O) groups is 2. The second-order valence-electron chi connectivity index (χ2n) is 6.01. The van der Waals surface area contributed by atoms with Crippen molar-refractivity contribution in [3.8, 4) is 0 Å². The van der Waals surface area contributed by atoms with Crippen LogP contribution >= 0.6 is 0 Å². The quantitative estimate of drug-likeness (QED) is 0.707. The lowest BCUT2D eigenvalue weighted by Gasteiger charge is -2.08. The van der Waals surface area contributed by atoms with Gasteiger partial charge in [0.05, 0.1) is 11.1 Å². The van der Waals surface area contributed by atoms with E-state index in [0.29, 0.717) is 23.4 Å². The van der Waals surface area contributed by atoms with Crippen LogP contribution in [0.1, 0.15) is 38.8 Å². The Bertz CT molecular complexity index is 924. The first kappa shape index (κ1) is 18.3. The van der Waals surface area contributed by atoms with E-state index in [1.807, 2.05) is 36.4 Å². The van der Waals surface area contributed by atoms with Gasteiger partial charge in [-0.25, -0.2) is 0 Å². The molecule has 136 valence electrons. The SMILES string of the molecule is CCc1ccc(NC(=O)c2cncc(C(=O)NCc3ccncc3)c2)cc1. The largest absolute Gasteiger partial charge is 0.348 e. The van der Waals surface area contributed by atoms with E-state index in [0.717, 1.165) is 12.0 Å². The van der Waals surface area contributed by atoms with Crippen molar-refractivity contribution in [3.63, 3.8) is 0 Å². The molecule has 2 heterocycles. The molecular formula is C21H20N4O2. The van der Waals surface area contributed by atoms with Gasteiger partial charge in [0.2, 0.25) is 0 Å². The van der Waals surface area contributed by atoms with Gasteiger partial charge in [0.1, 0.15) is 0 Å². The molecule has 1 aromatic carbocycles. The summed E-state index contributed by atoms with van der Waals surface area (Å²) < 4.78 is 0. The Kier molecular flexibility index (Phi) is 5.89. The highest BCUT2D eigenvalue weighted by molar-refractivity contribution is 6.05. The van der Waals surface area contributed by atoms with E-state index < -0.39 is 0 Å². The molecule has 3 aromatic rings. The summed E-state index contributed by atoms with van der Waals surface area (Å²) in [6.45, 7) is 2.45. The van der Waals surface area contributed by atoms with E-state index >= 15 is 0 Å². The van der Waals surface area contributed by atoms with Crippen LogP contribution in [0.25, 0.3) is 0 Å². The van der Waals surface area contributed by atoms with Crippen molar-refractivity contribution in [1.29, 1.82) is 0 Å². The molecule has 3 rings (SSSR count). The highest BCUT2D eigenvalue weighted by atomic mass is 16.2. The third-order valence-electron chi connectivity index (χ3n) is 4.09. The lowest BCUT2D eigenvalue weighted by atomic mass is 10.1. The van der Waals surface area contributed by atoms with Gasteiger partial charge in [-0.1, -0.05) is 19.1 Å². The number of anilines is 1. The molecule has 0 bridgehead atoms. The van der Waals surface area contributed by atoms with Crippen molar-refractivity contribution in [2.24, 2.45) is 0 Å². The molecule has 27 heavy (non-hydrogen) atoms. The van der Waals surface area contributed by atoms with Crippen molar-refractivity contribution in [1.82, 2.24) is 15.3 Å². The van der Waals surface area contributed by atoms with Gasteiger partial charge >= 0.3 is 0 Å². The average molecular weight is 360 g/mol. The van der Waals surface area contributed by atoms with Crippen molar-refractivity contribution in [3.05, 3.63) is 89.5 Å². The molecule has 2 aromatic heterocycles. The number of hydrogen-bond acceptors (Lipinski definition) is 4. The molecule has 0 atom stereocenters. The number of pyridine rings is 2. The molecule has 0 aliphatic carbocycles. The molecule has 0 fully saturated rings. The maximum atomic E-state index is 12.4. The smallest absolute Gasteiger partial charge is 0.257 e. The molecule has 0 aliphatic rings. The van der Waals surface area contributed by atoms with Crippen LogP contribution in [0, 0.1) is 0 Å². The van der Waals surface area contributed by atoms with Crippen LogP contribution in [-0.4, -0.2) is 21.8 Å². The monoisotopic (exact) mass is 360 g/mol. The van der Waals surface area contributed by atoms with E-state index in [2.05, 4.69) is 27.5 Å². The first-order valence-electron chi connectivity index (χ1n) is 8.68. The van der Waals surface area contributed by atoms with Crippen LogP contribution in [0.15, 0.2) is 67.3 Å². The molecule has 6 heteroatoms. The number of aromatic nitrogens is 2. The standard InChI is InChI=1S/C21H20N4O2/c1-2-15-3-5-19(6-4-15)25-21(27)18-11-17(13-23-14-18)20(26)24-12-16-7-9-22-10-8-16/h3-11,13-14H,2,12H2,1H3,(H,24,26)(H,25,27). The van der Waals surface area contributed by atoms with Crippen LogP contribution < -0.4 is 10.6 Å². The molecule has 2 N–H and O–H groups in total. The fourth-order valence-electron chi connectivity index (χ4n) is 2.50. The Balaban J connectivity index is 1.64. The molecule has 0 aliphatic heterocycles. The fourth-order valence-corrected chi connectivity index (χ4v) is 2.50. The minimum atomic E-state index is -0.310. The van der Waals surface area contributed by atoms with Gasteiger partial charge in [0.15, 0.2) is 0 Å². The van der Waals surface area contributed by atoms with Crippen molar-refractivity contribution in [2.45, 2.75) is 19.9 Å². The molecule has 0 saturated heterocycles.